The van der Waals surface area contributed by atoms with Gasteiger partial charge in [0, 0.05) is 57.1 Å². The Bertz CT molecular complexity index is 925. The SMILES string of the molecule is CC(=O)N1CCN(c2ccccc2CCC2CCN(Cc3ccc[nH]c3=O)CC2)CC1. The maximum absolute atomic E-state index is 11.9. The van der Waals surface area contributed by atoms with Crippen molar-refractivity contribution in [3.63, 3.8) is 0 Å². The fourth-order valence-corrected chi connectivity index (χ4v) is 4.91. The molecule has 0 aliphatic carbocycles. The van der Waals surface area contributed by atoms with Crippen molar-refractivity contribution in [1.29, 1.82) is 0 Å². The third kappa shape index (κ3) is 5.56. The van der Waals surface area contributed by atoms with Crippen molar-refractivity contribution < 1.29 is 4.79 Å². The van der Waals surface area contributed by atoms with Gasteiger partial charge in [0.1, 0.15) is 0 Å². The summed E-state index contributed by atoms with van der Waals surface area (Å²) in [6.45, 7) is 7.98. The summed E-state index contributed by atoms with van der Waals surface area (Å²) in [4.78, 5) is 33.1. The number of piperidine rings is 1. The number of carbonyl (C=O) groups is 1. The molecule has 4 rings (SSSR count). The standard InChI is InChI=1S/C25H34N4O2/c1-20(30)28-15-17-29(18-16-28)24-7-3-2-5-22(24)9-8-21-10-13-27(14-11-21)19-23-6-4-12-26-25(23)31/h2-7,12,21H,8-11,13-19H2,1H3,(H,26,31). The number of aromatic amines is 1. The first-order valence-electron chi connectivity index (χ1n) is 11.6. The lowest BCUT2D eigenvalue weighted by Crippen LogP contribution is -2.48. The third-order valence-corrected chi connectivity index (χ3v) is 6.88. The van der Waals surface area contributed by atoms with E-state index in [4.69, 9.17) is 0 Å². The van der Waals surface area contributed by atoms with Gasteiger partial charge >= 0.3 is 0 Å². The molecule has 31 heavy (non-hydrogen) atoms. The Kier molecular flexibility index (Phi) is 7.07. The van der Waals surface area contributed by atoms with Crippen molar-refractivity contribution in [2.75, 3.05) is 44.2 Å². The summed E-state index contributed by atoms with van der Waals surface area (Å²) < 4.78 is 0. The molecule has 0 spiro atoms. The van der Waals surface area contributed by atoms with Crippen LogP contribution in [0.2, 0.25) is 0 Å². The highest BCUT2D eigenvalue weighted by Crippen LogP contribution is 2.27. The highest BCUT2D eigenvalue weighted by atomic mass is 16.2. The van der Waals surface area contributed by atoms with Crippen molar-refractivity contribution in [1.82, 2.24) is 14.8 Å². The van der Waals surface area contributed by atoms with Gasteiger partial charge in [0.15, 0.2) is 0 Å². The van der Waals surface area contributed by atoms with Crippen molar-refractivity contribution in [2.45, 2.75) is 39.2 Å². The molecule has 2 aliphatic heterocycles. The van der Waals surface area contributed by atoms with E-state index in [2.05, 4.69) is 39.0 Å². The second-order valence-corrected chi connectivity index (χ2v) is 8.90. The molecule has 2 aliphatic rings. The summed E-state index contributed by atoms with van der Waals surface area (Å²) in [6, 6.07) is 12.6. The molecule has 3 heterocycles. The zero-order chi connectivity index (χ0) is 21.6. The zero-order valence-corrected chi connectivity index (χ0v) is 18.6. The van der Waals surface area contributed by atoms with Crippen LogP contribution in [0.1, 0.15) is 37.3 Å². The molecule has 1 N–H and O–H groups in total. The molecule has 2 aromatic rings. The number of amides is 1. The minimum absolute atomic E-state index is 0.0327. The molecular weight excluding hydrogens is 388 g/mol. The van der Waals surface area contributed by atoms with E-state index in [0.717, 1.165) is 63.7 Å². The Morgan fingerprint density at radius 1 is 0.968 bits per heavy atom. The molecule has 1 amide bonds. The van der Waals surface area contributed by atoms with Crippen LogP contribution >= 0.6 is 0 Å². The number of H-pyrrole nitrogens is 1. The Labute approximate surface area is 184 Å². The van der Waals surface area contributed by atoms with E-state index >= 15 is 0 Å². The van der Waals surface area contributed by atoms with Crippen LogP contribution in [-0.2, 0) is 17.8 Å². The van der Waals surface area contributed by atoms with Crippen LogP contribution < -0.4 is 10.5 Å². The second-order valence-electron chi connectivity index (χ2n) is 8.90. The normalized spacial score (nSPS) is 18.4. The van der Waals surface area contributed by atoms with Gasteiger partial charge in [-0.25, -0.2) is 0 Å². The van der Waals surface area contributed by atoms with E-state index in [1.165, 1.54) is 30.5 Å². The first-order valence-corrected chi connectivity index (χ1v) is 11.6. The van der Waals surface area contributed by atoms with E-state index in [1.54, 1.807) is 13.1 Å². The van der Waals surface area contributed by atoms with Crippen LogP contribution in [0.15, 0.2) is 47.4 Å². The molecule has 2 saturated heterocycles. The van der Waals surface area contributed by atoms with E-state index in [-0.39, 0.29) is 11.5 Å². The van der Waals surface area contributed by atoms with Crippen LogP contribution in [0.3, 0.4) is 0 Å². The molecule has 6 heteroatoms. The number of carbonyl (C=O) groups excluding carboxylic acids is 1. The van der Waals surface area contributed by atoms with E-state index in [1.807, 2.05) is 17.0 Å². The van der Waals surface area contributed by atoms with Gasteiger partial charge in [0.05, 0.1) is 0 Å². The van der Waals surface area contributed by atoms with Gasteiger partial charge in [-0.3, -0.25) is 14.5 Å². The number of aromatic nitrogens is 1. The predicted molar refractivity (Wildman–Crippen MR) is 124 cm³/mol. The van der Waals surface area contributed by atoms with Gasteiger partial charge in [0.25, 0.3) is 5.56 Å². The van der Waals surface area contributed by atoms with Crippen molar-refractivity contribution in [2.24, 2.45) is 5.92 Å². The molecule has 1 aromatic heterocycles. The minimum atomic E-state index is 0.0327. The monoisotopic (exact) mass is 422 g/mol. The van der Waals surface area contributed by atoms with E-state index < -0.39 is 0 Å². The van der Waals surface area contributed by atoms with Crippen LogP contribution in [0.25, 0.3) is 0 Å². The maximum Gasteiger partial charge on any atom is 0.252 e. The number of nitrogens with one attached hydrogen (secondary N) is 1. The molecule has 0 saturated carbocycles. The molecule has 0 atom stereocenters. The Balaban J connectivity index is 1.27. The second kappa shape index (κ2) is 10.1. The quantitative estimate of drug-likeness (QED) is 0.778. The molecule has 1 aromatic carbocycles. The summed E-state index contributed by atoms with van der Waals surface area (Å²) in [6.07, 6.45) is 6.41. The Morgan fingerprint density at radius 2 is 1.68 bits per heavy atom. The number of pyridine rings is 1. The smallest absolute Gasteiger partial charge is 0.252 e. The fourth-order valence-electron chi connectivity index (χ4n) is 4.91. The molecule has 0 unspecified atom stereocenters. The molecule has 0 radical (unpaired) electrons. The maximum atomic E-state index is 11.9. The molecule has 2 fully saturated rings. The first kappa shape index (κ1) is 21.6. The van der Waals surface area contributed by atoms with Crippen molar-refractivity contribution in [3.05, 3.63) is 64.1 Å². The highest BCUT2D eigenvalue weighted by molar-refractivity contribution is 5.73. The molecule has 6 nitrogen and oxygen atoms in total. The summed E-state index contributed by atoms with van der Waals surface area (Å²) in [5.74, 6) is 0.920. The lowest BCUT2D eigenvalue weighted by molar-refractivity contribution is -0.129. The average Bonchev–Trinajstić information content (AvgIpc) is 2.80. The van der Waals surface area contributed by atoms with Crippen LogP contribution in [0.4, 0.5) is 5.69 Å². The largest absolute Gasteiger partial charge is 0.368 e. The lowest BCUT2D eigenvalue weighted by atomic mass is 9.90. The Morgan fingerprint density at radius 3 is 2.39 bits per heavy atom. The van der Waals surface area contributed by atoms with Crippen LogP contribution in [0, 0.1) is 5.92 Å². The molecule has 166 valence electrons. The number of piperazine rings is 1. The van der Waals surface area contributed by atoms with Crippen molar-refractivity contribution in [3.8, 4) is 0 Å². The minimum Gasteiger partial charge on any atom is -0.368 e. The summed E-state index contributed by atoms with van der Waals surface area (Å²) in [7, 11) is 0. The Hall–Kier alpha value is -2.60. The third-order valence-electron chi connectivity index (χ3n) is 6.88. The van der Waals surface area contributed by atoms with Gasteiger partial charge in [-0.1, -0.05) is 24.3 Å². The molecule has 0 bridgehead atoms. The van der Waals surface area contributed by atoms with E-state index in [9.17, 15) is 9.59 Å². The fraction of sp³-hybridized carbons (Fsp3) is 0.520. The van der Waals surface area contributed by atoms with Crippen molar-refractivity contribution >= 4 is 11.6 Å². The number of likely N-dealkylation sites (tertiary alicyclic amines) is 1. The average molecular weight is 423 g/mol. The molecular formula is C25H34N4O2. The number of rotatable bonds is 6. The van der Waals surface area contributed by atoms with Gasteiger partial charge in [0.2, 0.25) is 5.91 Å². The number of hydrogen-bond donors (Lipinski definition) is 1. The predicted octanol–water partition coefficient (Wildman–Crippen LogP) is 2.89. The summed E-state index contributed by atoms with van der Waals surface area (Å²) >= 11 is 0. The number of aryl methyl sites for hydroxylation is 1. The summed E-state index contributed by atoms with van der Waals surface area (Å²) in [5, 5.41) is 0. The van der Waals surface area contributed by atoms with Gasteiger partial charge in [-0.05, 0) is 62.4 Å². The first-order chi connectivity index (χ1) is 15.1. The number of benzene rings is 1. The summed E-state index contributed by atoms with van der Waals surface area (Å²) in [5.41, 5.74) is 3.66. The number of anilines is 1. The van der Waals surface area contributed by atoms with Crippen LogP contribution in [0.5, 0.6) is 0 Å². The number of hydrogen-bond acceptors (Lipinski definition) is 4. The van der Waals surface area contributed by atoms with E-state index in [0.29, 0.717) is 0 Å². The van der Waals surface area contributed by atoms with Gasteiger partial charge in [-0.15, -0.1) is 0 Å². The highest BCUT2D eigenvalue weighted by Gasteiger charge is 2.22. The zero-order valence-electron chi connectivity index (χ0n) is 18.6. The van der Waals surface area contributed by atoms with Gasteiger partial charge < -0.3 is 14.8 Å². The van der Waals surface area contributed by atoms with Crippen LogP contribution in [-0.4, -0.2) is 60.0 Å². The number of nitrogens with zero attached hydrogens (tertiary/aromatic N) is 3. The lowest BCUT2D eigenvalue weighted by Gasteiger charge is -2.37. The number of para-hydroxylation sites is 1. The topological polar surface area (TPSA) is 59.7 Å². The van der Waals surface area contributed by atoms with Gasteiger partial charge in [-0.2, -0.15) is 0 Å².